The number of carbonyl (C=O) groups excluding carboxylic acids is 2. The number of hydrogen-bond donors (Lipinski definition) is 2. The van der Waals surface area contributed by atoms with Crippen molar-refractivity contribution in [1.29, 1.82) is 0 Å². The maximum Gasteiger partial charge on any atom is 0.345 e. The molecule has 0 aromatic rings. The van der Waals surface area contributed by atoms with Crippen molar-refractivity contribution >= 4 is 23.7 Å². The van der Waals surface area contributed by atoms with Crippen LogP contribution in [0.15, 0.2) is 0 Å². The number of esters is 2. The van der Waals surface area contributed by atoms with E-state index in [1.807, 2.05) is 0 Å². The fourth-order valence-corrected chi connectivity index (χ4v) is 6.62. The second kappa shape index (κ2) is 38.0. The summed E-state index contributed by atoms with van der Waals surface area (Å²) in [4.78, 5) is 24.1. The number of thioether (sulfide) groups is 1. The van der Waals surface area contributed by atoms with Gasteiger partial charge in [0.05, 0.1) is 13.2 Å². The molecule has 47 heavy (non-hydrogen) atoms. The van der Waals surface area contributed by atoms with E-state index in [0.29, 0.717) is 11.8 Å². The molecule has 0 rings (SSSR count). The van der Waals surface area contributed by atoms with Gasteiger partial charge in [-0.05, 0) is 12.8 Å². The van der Waals surface area contributed by atoms with E-state index < -0.39 is 22.8 Å². The number of unbranched alkanes of at least 4 members (excludes halogenated alkanes) is 30. The highest BCUT2D eigenvalue weighted by molar-refractivity contribution is 8.01. The summed E-state index contributed by atoms with van der Waals surface area (Å²) < 4.78 is 10.3. The molecule has 0 amide bonds. The topological polar surface area (TPSA) is 93.1 Å². The molecule has 0 aliphatic heterocycles. The summed E-state index contributed by atoms with van der Waals surface area (Å²) >= 11 is 0.456. The number of ether oxygens (including phenoxy) is 2. The van der Waals surface area contributed by atoms with Crippen LogP contribution in [0.1, 0.15) is 219 Å². The van der Waals surface area contributed by atoms with E-state index in [9.17, 15) is 19.8 Å². The van der Waals surface area contributed by atoms with Crippen LogP contribution in [0, 0.1) is 0 Å². The van der Waals surface area contributed by atoms with Crippen LogP contribution < -0.4 is 0 Å². The Kier molecular flexibility index (Phi) is 37.4. The molecule has 280 valence electrons. The first-order valence-electron chi connectivity index (χ1n) is 20.4. The van der Waals surface area contributed by atoms with Crippen LogP contribution >= 0.6 is 11.8 Å². The van der Waals surface area contributed by atoms with Crippen LogP contribution in [-0.2, 0) is 19.1 Å². The van der Waals surface area contributed by atoms with Crippen LogP contribution in [0.3, 0.4) is 0 Å². The third-order valence-corrected chi connectivity index (χ3v) is 10.0. The molecule has 2 N–H and O–H groups in total. The molecule has 0 fully saturated rings. The molecule has 7 heteroatoms. The van der Waals surface area contributed by atoms with Crippen molar-refractivity contribution in [2.45, 2.75) is 230 Å². The highest BCUT2D eigenvalue weighted by Gasteiger charge is 2.26. The molecule has 2 unspecified atom stereocenters. The van der Waals surface area contributed by atoms with Gasteiger partial charge >= 0.3 is 11.9 Å². The third kappa shape index (κ3) is 34.9. The quantitative estimate of drug-likeness (QED) is 0.0379. The highest BCUT2D eigenvalue weighted by Crippen LogP contribution is 2.18. The van der Waals surface area contributed by atoms with Gasteiger partial charge in [-0.3, -0.25) is 0 Å². The van der Waals surface area contributed by atoms with E-state index >= 15 is 0 Å². The van der Waals surface area contributed by atoms with Gasteiger partial charge in [0.2, 0.25) is 10.9 Å². The molecule has 0 aromatic carbocycles. The Morgan fingerprint density at radius 2 is 0.574 bits per heavy atom. The number of aliphatic hydroxyl groups excluding tert-OH is 2. The highest BCUT2D eigenvalue weighted by atomic mass is 32.2. The Morgan fingerprint density at radius 1 is 0.383 bits per heavy atom. The summed E-state index contributed by atoms with van der Waals surface area (Å²) in [6, 6.07) is 0. The first kappa shape index (κ1) is 46.2. The van der Waals surface area contributed by atoms with E-state index in [1.54, 1.807) is 0 Å². The third-order valence-electron chi connectivity index (χ3n) is 9.15. The molecule has 0 aliphatic carbocycles. The van der Waals surface area contributed by atoms with E-state index in [-0.39, 0.29) is 13.2 Å². The lowest BCUT2D eigenvalue weighted by atomic mass is 10.0. The van der Waals surface area contributed by atoms with Gasteiger partial charge in [-0.1, -0.05) is 218 Å². The fraction of sp³-hybridized carbons (Fsp3) is 0.950. The second-order valence-corrected chi connectivity index (χ2v) is 14.9. The maximum absolute atomic E-state index is 12.0. The number of aliphatic hydroxyl groups is 2. The van der Waals surface area contributed by atoms with Gasteiger partial charge in [-0.15, -0.1) is 0 Å². The minimum Gasteiger partial charge on any atom is -0.463 e. The molecule has 0 saturated heterocycles. The van der Waals surface area contributed by atoms with Crippen LogP contribution in [0.5, 0.6) is 0 Å². The minimum atomic E-state index is -1.60. The Labute approximate surface area is 295 Å². The molecular weight excluding hydrogens is 609 g/mol. The van der Waals surface area contributed by atoms with Crippen molar-refractivity contribution in [2.75, 3.05) is 13.2 Å². The molecule has 0 aromatic heterocycles. The van der Waals surface area contributed by atoms with Gasteiger partial charge in [0.25, 0.3) is 0 Å². The largest absolute Gasteiger partial charge is 0.463 e. The van der Waals surface area contributed by atoms with E-state index in [1.165, 1.54) is 167 Å². The van der Waals surface area contributed by atoms with Crippen LogP contribution in [-0.4, -0.2) is 46.2 Å². The lowest BCUT2D eigenvalue weighted by Crippen LogP contribution is -2.28. The normalized spacial score (nSPS) is 12.7. The predicted octanol–water partition coefficient (Wildman–Crippen LogP) is 12.0. The summed E-state index contributed by atoms with van der Waals surface area (Å²) in [5, 5.41) is 20.0. The predicted molar refractivity (Wildman–Crippen MR) is 201 cm³/mol. The molecule has 0 bridgehead atoms. The Balaban J connectivity index is 3.49. The number of carbonyl (C=O) groups is 2. The van der Waals surface area contributed by atoms with E-state index in [4.69, 9.17) is 9.47 Å². The monoisotopic (exact) mass is 687 g/mol. The van der Waals surface area contributed by atoms with E-state index in [0.717, 1.165) is 38.5 Å². The average molecular weight is 687 g/mol. The Hall–Kier alpha value is -0.790. The lowest BCUT2D eigenvalue weighted by Gasteiger charge is -2.14. The zero-order chi connectivity index (χ0) is 34.5. The van der Waals surface area contributed by atoms with Gasteiger partial charge in [-0.25, -0.2) is 9.59 Å². The molecule has 0 heterocycles. The summed E-state index contributed by atoms with van der Waals surface area (Å²) in [5.74, 6) is -1.64. The first-order valence-corrected chi connectivity index (χ1v) is 21.3. The zero-order valence-corrected chi connectivity index (χ0v) is 31.9. The van der Waals surface area contributed by atoms with E-state index in [2.05, 4.69) is 13.8 Å². The summed E-state index contributed by atoms with van der Waals surface area (Å²) in [7, 11) is 0. The lowest BCUT2D eigenvalue weighted by molar-refractivity contribution is -0.149. The molecule has 0 aliphatic rings. The van der Waals surface area contributed by atoms with Crippen molar-refractivity contribution < 1.29 is 29.3 Å². The molecule has 0 spiro atoms. The van der Waals surface area contributed by atoms with Crippen LogP contribution in [0.25, 0.3) is 0 Å². The summed E-state index contributed by atoms with van der Waals surface area (Å²) in [5.41, 5.74) is -3.21. The number of rotatable bonds is 38. The Morgan fingerprint density at radius 3 is 0.787 bits per heavy atom. The second-order valence-electron chi connectivity index (χ2n) is 13.8. The smallest absolute Gasteiger partial charge is 0.345 e. The molecule has 6 nitrogen and oxygen atoms in total. The summed E-state index contributed by atoms with van der Waals surface area (Å²) in [6.07, 6.45) is 40.9. The molecule has 0 saturated carbocycles. The van der Waals surface area contributed by atoms with Gasteiger partial charge < -0.3 is 19.7 Å². The zero-order valence-electron chi connectivity index (χ0n) is 31.1. The SMILES string of the molecule is CCCCCCCCCCCCCCCCCCOC(=O)C(O)SC(O)C(=O)OCCCCCCCCCCCCCCCCCC. The molecular formula is C40H78O6S. The molecule has 0 radical (unpaired) electrons. The Bertz CT molecular complexity index is 607. The van der Waals surface area contributed by atoms with Crippen molar-refractivity contribution in [1.82, 2.24) is 0 Å². The molecule has 2 atom stereocenters. The van der Waals surface area contributed by atoms with Crippen LogP contribution in [0.2, 0.25) is 0 Å². The summed E-state index contributed by atoms with van der Waals surface area (Å²) in [6.45, 7) is 5.02. The van der Waals surface area contributed by atoms with Gasteiger partial charge in [0, 0.05) is 0 Å². The maximum atomic E-state index is 12.0. The van der Waals surface area contributed by atoms with Crippen molar-refractivity contribution in [3.63, 3.8) is 0 Å². The van der Waals surface area contributed by atoms with Gasteiger partial charge in [-0.2, -0.15) is 0 Å². The number of hydrogen-bond acceptors (Lipinski definition) is 7. The van der Waals surface area contributed by atoms with Crippen molar-refractivity contribution in [2.24, 2.45) is 0 Å². The van der Waals surface area contributed by atoms with Gasteiger partial charge in [0.1, 0.15) is 0 Å². The average Bonchev–Trinajstić information content (AvgIpc) is 3.07. The van der Waals surface area contributed by atoms with Crippen molar-refractivity contribution in [3.05, 3.63) is 0 Å². The first-order chi connectivity index (χ1) is 23.0. The van der Waals surface area contributed by atoms with Crippen LogP contribution in [0.4, 0.5) is 0 Å². The standard InChI is InChI=1S/C40H78O6S/c1-3-5-7-9-11-13-15-17-19-21-23-25-27-29-31-33-35-45-37(41)39(43)47-40(44)38(42)46-36-34-32-30-28-26-24-22-20-18-16-14-12-10-8-6-4-2/h39-40,43-44H,3-36H2,1-2H3. The van der Waals surface area contributed by atoms with Gasteiger partial charge in [0.15, 0.2) is 0 Å². The van der Waals surface area contributed by atoms with Crippen molar-refractivity contribution in [3.8, 4) is 0 Å². The minimum absolute atomic E-state index is 0.245. The fourth-order valence-electron chi connectivity index (χ4n) is 6.02.